The summed E-state index contributed by atoms with van der Waals surface area (Å²) in [4.78, 5) is 22.0. The molecular weight excluding hydrogens is 248 g/mol. The number of hydrogen-bond acceptors (Lipinski definition) is 5. The van der Waals surface area contributed by atoms with Crippen molar-refractivity contribution in [2.75, 3.05) is 37.5 Å². The van der Waals surface area contributed by atoms with Crippen LogP contribution in [0.15, 0.2) is 12.4 Å². The molecule has 5 nitrogen and oxygen atoms in total. The van der Waals surface area contributed by atoms with Gasteiger partial charge >= 0.3 is 0 Å². The fraction of sp³-hybridized carbons (Fsp3) is 0.583. The van der Waals surface area contributed by atoms with Crippen molar-refractivity contribution in [1.29, 1.82) is 0 Å². The van der Waals surface area contributed by atoms with Crippen LogP contribution in [0.2, 0.25) is 0 Å². The van der Waals surface area contributed by atoms with Crippen molar-refractivity contribution in [1.82, 2.24) is 14.9 Å². The third-order valence-electron chi connectivity index (χ3n) is 2.39. The van der Waals surface area contributed by atoms with E-state index in [9.17, 15) is 4.79 Å². The minimum absolute atomic E-state index is 0.0864. The maximum Gasteiger partial charge on any atom is 0.273 e. The molecule has 0 unspecified atom stereocenters. The zero-order valence-electron chi connectivity index (χ0n) is 11.1. The molecule has 1 N–H and O–H groups in total. The van der Waals surface area contributed by atoms with Gasteiger partial charge in [0.2, 0.25) is 0 Å². The van der Waals surface area contributed by atoms with Crippen molar-refractivity contribution >= 4 is 23.5 Å². The molecule has 1 rings (SSSR count). The molecule has 1 heterocycles. The number of thioether (sulfide) groups is 1. The summed E-state index contributed by atoms with van der Waals surface area (Å²) < 4.78 is 0. The normalized spacial score (nSPS) is 10.2. The molecular formula is C12H20N4OS. The first-order valence-corrected chi connectivity index (χ1v) is 7.38. The number of rotatable bonds is 7. The van der Waals surface area contributed by atoms with Crippen LogP contribution in [0.5, 0.6) is 0 Å². The summed E-state index contributed by atoms with van der Waals surface area (Å²) >= 11 is 1.71. The van der Waals surface area contributed by atoms with E-state index < -0.39 is 0 Å². The fourth-order valence-corrected chi connectivity index (χ4v) is 1.79. The van der Waals surface area contributed by atoms with Crippen LogP contribution < -0.4 is 5.32 Å². The summed E-state index contributed by atoms with van der Waals surface area (Å²) in [5.74, 6) is 1.49. The Balaban J connectivity index is 2.67. The molecule has 0 saturated heterocycles. The Morgan fingerprint density at radius 2 is 2.28 bits per heavy atom. The predicted molar refractivity (Wildman–Crippen MR) is 76.2 cm³/mol. The molecule has 0 saturated carbocycles. The fourth-order valence-electron chi connectivity index (χ4n) is 1.33. The molecule has 0 atom stereocenters. The van der Waals surface area contributed by atoms with Crippen LogP contribution in [0.4, 0.5) is 5.82 Å². The number of aromatic nitrogens is 2. The Kier molecular flexibility index (Phi) is 6.49. The van der Waals surface area contributed by atoms with Gasteiger partial charge in [0.15, 0.2) is 0 Å². The molecule has 0 radical (unpaired) electrons. The predicted octanol–water partition coefficient (Wildman–Crippen LogP) is 1.73. The van der Waals surface area contributed by atoms with E-state index in [2.05, 4.69) is 22.2 Å². The molecule has 0 aromatic carbocycles. The molecule has 0 spiro atoms. The molecule has 6 heteroatoms. The van der Waals surface area contributed by atoms with E-state index in [1.165, 1.54) is 6.20 Å². The van der Waals surface area contributed by atoms with Crippen LogP contribution in [0.25, 0.3) is 0 Å². The van der Waals surface area contributed by atoms with Crippen LogP contribution in [-0.2, 0) is 0 Å². The first-order valence-electron chi connectivity index (χ1n) is 5.99. The molecule has 0 aliphatic heterocycles. The van der Waals surface area contributed by atoms with E-state index in [1.807, 2.05) is 6.26 Å². The van der Waals surface area contributed by atoms with Gasteiger partial charge in [-0.1, -0.05) is 6.92 Å². The monoisotopic (exact) mass is 268 g/mol. The van der Waals surface area contributed by atoms with Crippen LogP contribution in [0, 0.1) is 0 Å². The smallest absolute Gasteiger partial charge is 0.273 e. The topological polar surface area (TPSA) is 58.1 Å². The third kappa shape index (κ3) is 4.52. The lowest BCUT2D eigenvalue weighted by Crippen LogP contribution is -2.29. The van der Waals surface area contributed by atoms with Gasteiger partial charge in [0.25, 0.3) is 5.91 Å². The Bertz CT molecular complexity index is 386. The number of nitrogens with one attached hydrogen (secondary N) is 1. The minimum atomic E-state index is -0.0864. The summed E-state index contributed by atoms with van der Waals surface area (Å²) in [6.45, 7) is 3.62. The van der Waals surface area contributed by atoms with Gasteiger partial charge in [-0.2, -0.15) is 11.8 Å². The highest BCUT2D eigenvalue weighted by Crippen LogP contribution is 2.05. The number of nitrogens with zero attached hydrogens (tertiary/aromatic N) is 3. The highest BCUT2D eigenvalue weighted by Gasteiger charge is 2.13. The summed E-state index contributed by atoms with van der Waals surface area (Å²) in [6, 6.07) is 0. The molecule has 1 aromatic rings. The summed E-state index contributed by atoms with van der Waals surface area (Å²) in [6.07, 6.45) is 6.17. The van der Waals surface area contributed by atoms with Gasteiger partial charge in [0.1, 0.15) is 11.5 Å². The molecule has 1 amide bonds. The Morgan fingerprint density at radius 3 is 2.94 bits per heavy atom. The van der Waals surface area contributed by atoms with Crippen LogP contribution in [0.3, 0.4) is 0 Å². The van der Waals surface area contributed by atoms with Crippen molar-refractivity contribution in [3.63, 3.8) is 0 Å². The van der Waals surface area contributed by atoms with E-state index in [0.717, 1.165) is 18.7 Å². The average Bonchev–Trinajstić information content (AvgIpc) is 2.42. The number of amides is 1. The molecule has 18 heavy (non-hydrogen) atoms. The van der Waals surface area contributed by atoms with Gasteiger partial charge in [0.05, 0.1) is 12.4 Å². The van der Waals surface area contributed by atoms with Crippen molar-refractivity contribution in [2.45, 2.75) is 13.3 Å². The second-order valence-corrected chi connectivity index (χ2v) is 4.92. The van der Waals surface area contributed by atoms with E-state index in [1.54, 1.807) is 29.9 Å². The SMILES string of the molecule is CCCNc1cncc(C(=O)N(C)CCSC)n1. The van der Waals surface area contributed by atoms with E-state index >= 15 is 0 Å². The number of carbonyl (C=O) groups excluding carboxylic acids is 1. The van der Waals surface area contributed by atoms with Crippen molar-refractivity contribution in [3.8, 4) is 0 Å². The van der Waals surface area contributed by atoms with E-state index in [0.29, 0.717) is 18.1 Å². The van der Waals surface area contributed by atoms with Gasteiger partial charge in [-0.15, -0.1) is 0 Å². The van der Waals surface area contributed by atoms with Crippen molar-refractivity contribution < 1.29 is 4.79 Å². The first-order chi connectivity index (χ1) is 8.69. The Labute approximate surface area is 112 Å². The Morgan fingerprint density at radius 1 is 1.50 bits per heavy atom. The molecule has 100 valence electrons. The number of anilines is 1. The van der Waals surface area contributed by atoms with Crippen molar-refractivity contribution in [3.05, 3.63) is 18.1 Å². The molecule has 1 aromatic heterocycles. The van der Waals surface area contributed by atoms with Gasteiger partial charge in [-0.3, -0.25) is 9.78 Å². The highest BCUT2D eigenvalue weighted by atomic mass is 32.2. The Hall–Kier alpha value is -1.30. The molecule has 0 bridgehead atoms. The lowest BCUT2D eigenvalue weighted by atomic mass is 10.4. The second kappa shape index (κ2) is 7.92. The van der Waals surface area contributed by atoms with Crippen LogP contribution >= 0.6 is 11.8 Å². The zero-order valence-corrected chi connectivity index (χ0v) is 12.0. The van der Waals surface area contributed by atoms with Crippen LogP contribution in [0.1, 0.15) is 23.8 Å². The van der Waals surface area contributed by atoms with Crippen LogP contribution in [-0.4, -0.2) is 52.9 Å². The van der Waals surface area contributed by atoms with E-state index in [4.69, 9.17) is 0 Å². The zero-order chi connectivity index (χ0) is 13.4. The third-order valence-corrected chi connectivity index (χ3v) is 2.98. The van der Waals surface area contributed by atoms with E-state index in [-0.39, 0.29) is 5.91 Å². The minimum Gasteiger partial charge on any atom is -0.369 e. The van der Waals surface area contributed by atoms with Gasteiger partial charge in [-0.05, 0) is 12.7 Å². The first kappa shape index (κ1) is 14.8. The standard InChI is InChI=1S/C12H20N4OS/c1-4-5-14-11-9-13-8-10(15-11)12(17)16(2)6-7-18-3/h8-9H,4-7H2,1-3H3,(H,14,15). The van der Waals surface area contributed by atoms with Gasteiger partial charge in [0, 0.05) is 25.9 Å². The average molecular weight is 268 g/mol. The van der Waals surface area contributed by atoms with Crippen molar-refractivity contribution in [2.24, 2.45) is 0 Å². The van der Waals surface area contributed by atoms with Gasteiger partial charge in [-0.25, -0.2) is 4.98 Å². The summed E-state index contributed by atoms with van der Waals surface area (Å²) in [7, 11) is 1.78. The number of hydrogen-bond donors (Lipinski definition) is 1. The maximum atomic E-state index is 12.1. The lowest BCUT2D eigenvalue weighted by Gasteiger charge is -2.16. The second-order valence-electron chi connectivity index (χ2n) is 3.94. The maximum absolute atomic E-state index is 12.1. The molecule has 0 fully saturated rings. The lowest BCUT2D eigenvalue weighted by molar-refractivity contribution is 0.0797. The summed E-state index contributed by atoms with van der Waals surface area (Å²) in [5.41, 5.74) is 0.389. The molecule has 0 aliphatic rings. The van der Waals surface area contributed by atoms with Gasteiger partial charge < -0.3 is 10.2 Å². The number of carbonyl (C=O) groups is 1. The summed E-state index contributed by atoms with van der Waals surface area (Å²) in [5, 5.41) is 3.12. The largest absolute Gasteiger partial charge is 0.369 e. The highest BCUT2D eigenvalue weighted by molar-refractivity contribution is 7.98. The quantitative estimate of drug-likeness (QED) is 0.816. The molecule has 0 aliphatic carbocycles.